The smallest absolute Gasteiger partial charge is 0.251 e. The van der Waals surface area contributed by atoms with Crippen LogP contribution in [0.25, 0.3) is 0 Å². The fraction of sp³-hybridized carbons (Fsp3) is 0.417. The van der Waals surface area contributed by atoms with Crippen molar-refractivity contribution in [3.8, 4) is 0 Å². The maximum Gasteiger partial charge on any atom is 0.251 e. The number of halogens is 1. The van der Waals surface area contributed by atoms with Crippen LogP contribution in [0, 0.1) is 0 Å². The van der Waals surface area contributed by atoms with Gasteiger partial charge in [0.2, 0.25) is 5.91 Å². The lowest BCUT2D eigenvalue weighted by Crippen LogP contribution is -2.45. The predicted octanol–water partition coefficient (Wildman–Crippen LogP) is 3.02. The van der Waals surface area contributed by atoms with Gasteiger partial charge in [-0.05, 0) is 41.9 Å². The lowest BCUT2D eigenvalue weighted by Gasteiger charge is -2.34. The lowest BCUT2D eigenvalue weighted by molar-refractivity contribution is -0.121. The monoisotopic (exact) mass is 486 g/mol. The summed E-state index contributed by atoms with van der Waals surface area (Å²) in [4.78, 5) is 29.3. The second-order valence-electron chi connectivity index (χ2n) is 7.77. The highest BCUT2D eigenvalue weighted by Crippen LogP contribution is 2.14. The first-order chi connectivity index (χ1) is 15.0. The highest BCUT2D eigenvalue weighted by molar-refractivity contribution is 9.10. The third kappa shape index (κ3) is 7.45. The average molecular weight is 487 g/mol. The topological polar surface area (TPSA) is 64.7 Å². The number of nitrogens with zero attached hydrogens (tertiary/aromatic N) is 2. The molecule has 1 fully saturated rings. The number of carbonyl (C=O) groups is 2. The zero-order valence-corrected chi connectivity index (χ0v) is 19.7. The molecule has 2 N–H and O–H groups in total. The molecule has 1 heterocycles. The molecule has 166 valence electrons. The second-order valence-corrected chi connectivity index (χ2v) is 8.68. The molecule has 3 rings (SSSR count). The molecule has 0 spiro atoms. The fourth-order valence-corrected chi connectivity index (χ4v) is 3.93. The predicted molar refractivity (Wildman–Crippen MR) is 127 cm³/mol. The molecular weight excluding hydrogens is 456 g/mol. The quantitative estimate of drug-likeness (QED) is 0.571. The van der Waals surface area contributed by atoms with Gasteiger partial charge in [0.25, 0.3) is 5.91 Å². The zero-order valence-electron chi connectivity index (χ0n) is 18.1. The molecule has 0 radical (unpaired) electrons. The van der Waals surface area contributed by atoms with Crippen molar-refractivity contribution in [2.24, 2.45) is 0 Å². The Labute approximate surface area is 193 Å². The van der Waals surface area contributed by atoms with Crippen LogP contribution in [-0.4, -0.2) is 60.9 Å². The molecule has 31 heavy (non-hydrogen) atoms. The van der Waals surface area contributed by atoms with Gasteiger partial charge in [-0.25, -0.2) is 0 Å². The third-order valence-electron chi connectivity index (χ3n) is 5.64. The summed E-state index contributed by atoms with van der Waals surface area (Å²) < 4.78 is 0.923. The Morgan fingerprint density at radius 1 is 0.903 bits per heavy atom. The van der Waals surface area contributed by atoms with Gasteiger partial charge in [-0.15, -0.1) is 0 Å². The van der Waals surface area contributed by atoms with E-state index in [1.807, 2.05) is 18.2 Å². The number of nitrogens with one attached hydrogen (secondary N) is 2. The summed E-state index contributed by atoms with van der Waals surface area (Å²) in [7, 11) is 0. The summed E-state index contributed by atoms with van der Waals surface area (Å²) in [6.07, 6.45) is 0.253. The molecule has 1 saturated heterocycles. The molecule has 2 aromatic rings. The van der Waals surface area contributed by atoms with Crippen molar-refractivity contribution in [1.29, 1.82) is 0 Å². The minimum atomic E-state index is -0.172. The van der Waals surface area contributed by atoms with Crippen LogP contribution >= 0.6 is 15.9 Å². The van der Waals surface area contributed by atoms with Gasteiger partial charge < -0.3 is 15.5 Å². The molecule has 0 aliphatic carbocycles. The Kier molecular flexibility index (Phi) is 9.06. The molecule has 1 aliphatic rings. The zero-order chi connectivity index (χ0) is 22.1. The van der Waals surface area contributed by atoms with Gasteiger partial charge in [-0.2, -0.15) is 0 Å². The van der Waals surface area contributed by atoms with Gasteiger partial charge >= 0.3 is 0 Å². The van der Waals surface area contributed by atoms with Crippen LogP contribution in [0.4, 0.5) is 0 Å². The maximum absolute atomic E-state index is 12.3. The Morgan fingerprint density at radius 2 is 1.55 bits per heavy atom. The van der Waals surface area contributed by atoms with Crippen LogP contribution in [0.2, 0.25) is 0 Å². The van der Waals surface area contributed by atoms with Crippen LogP contribution in [0.1, 0.15) is 34.8 Å². The average Bonchev–Trinajstić information content (AvgIpc) is 2.79. The number of hydrogen-bond acceptors (Lipinski definition) is 4. The van der Waals surface area contributed by atoms with Gasteiger partial charge in [-0.3, -0.25) is 14.5 Å². The van der Waals surface area contributed by atoms with E-state index in [1.54, 1.807) is 12.1 Å². The van der Waals surface area contributed by atoms with Gasteiger partial charge in [0.15, 0.2) is 0 Å². The van der Waals surface area contributed by atoms with E-state index in [-0.39, 0.29) is 18.2 Å². The number of benzene rings is 2. The number of carbonyl (C=O) groups excluding carboxylic acids is 2. The SMILES string of the molecule is CCN1CCN(Cc2ccccc2CNC(=O)CCNC(=O)c2ccc(Br)cc2)CC1. The minimum Gasteiger partial charge on any atom is -0.352 e. The molecule has 0 bridgehead atoms. The third-order valence-corrected chi connectivity index (χ3v) is 6.17. The molecule has 1 aliphatic heterocycles. The Balaban J connectivity index is 1.42. The second kappa shape index (κ2) is 12.0. The van der Waals surface area contributed by atoms with Crippen LogP contribution < -0.4 is 10.6 Å². The lowest BCUT2D eigenvalue weighted by atomic mass is 10.1. The first kappa shape index (κ1) is 23.4. The first-order valence-electron chi connectivity index (χ1n) is 10.9. The van der Waals surface area contributed by atoms with Crippen molar-refractivity contribution in [3.05, 3.63) is 69.7 Å². The molecule has 0 atom stereocenters. The van der Waals surface area contributed by atoms with Crippen molar-refractivity contribution in [1.82, 2.24) is 20.4 Å². The van der Waals surface area contributed by atoms with E-state index in [0.29, 0.717) is 18.7 Å². The Bertz CT molecular complexity index is 864. The molecule has 6 nitrogen and oxygen atoms in total. The Hall–Kier alpha value is -2.22. The fourth-order valence-electron chi connectivity index (χ4n) is 3.66. The van der Waals surface area contributed by atoms with E-state index in [1.165, 1.54) is 5.56 Å². The molecule has 0 unspecified atom stereocenters. The molecule has 7 heteroatoms. The largest absolute Gasteiger partial charge is 0.352 e. The van der Waals surface area contributed by atoms with Crippen LogP contribution in [-0.2, 0) is 17.9 Å². The van der Waals surface area contributed by atoms with Gasteiger partial charge in [-0.1, -0.05) is 47.1 Å². The summed E-state index contributed by atoms with van der Waals surface area (Å²) in [5.41, 5.74) is 2.99. The van der Waals surface area contributed by atoms with E-state index in [0.717, 1.165) is 49.3 Å². The summed E-state index contributed by atoms with van der Waals surface area (Å²) in [6, 6.07) is 15.4. The summed E-state index contributed by atoms with van der Waals surface area (Å²) in [5.74, 6) is -0.240. The van der Waals surface area contributed by atoms with Crippen LogP contribution in [0.3, 0.4) is 0 Å². The van der Waals surface area contributed by atoms with Crippen molar-refractivity contribution in [2.45, 2.75) is 26.4 Å². The minimum absolute atomic E-state index is 0.0672. The van der Waals surface area contributed by atoms with Crippen molar-refractivity contribution < 1.29 is 9.59 Å². The van der Waals surface area contributed by atoms with Gasteiger partial charge in [0, 0.05) is 62.3 Å². The van der Waals surface area contributed by atoms with Crippen molar-refractivity contribution in [2.75, 3.05) is 39.3 Å². The molecule has 0 saturated carbocycles. The number of rotatable bonds is 9. The summed E-state index contributed by atoms with van der Waals surface area (Å²) in [5, 5.41) is 5.79. The maximum atomic E-state index is 12.3. The molecule has 0 aromatic heterocycles. The Morgan fingerprint density at radius 3 is 2.23 bits per heavy atom. The van der Waals surface area contributed by atoms with Gasteiger partial charge in [0.05, 0.1) is 0 Å². The first-order valence-corrected chi connectivity index (χ1v) is 11.7. The van der Waals surface area contributed by atoms with E-state index >= 15 is 0 Å². The molecule has 2 amide bonds. The van der Waals surface area contributed by atoms with Crippen molar-refractivity contribution >= 4 is 27.7 Å². The van der Waals surface area contributed by atoms with Crippen LogP contribution in [0.15, 0.2) is 53.0 Å². The summed E-state index contributed by atoms with van der Waals surface area (Å²) in [6.45, 7) is 9.42. The van der Waals surface area contributed by atoms with E-state index < -0.39 is 0 Å². The normalized spacial score (nSPS) is 14.9. The number of likely N-dealkylation sites (N-methyl/N-ethyl adjacent to an activating group) is 1. The summed E-state index contributed by atoms with van der Waals surface area (Å²) >= 11 is 3.35. The number of piperazine rings is 1. The van der Waals surface area contributed by atoms with E-state index in [2.05, 4.69) is 61.5 Å². The number of amides is 2. The van der Waals surface area contributed by atoms with Crippen LogP contribution in [0.5, 0.6) is 0 Å². The highest BCUT2D eigenvalue weighted by atomic mass is 79.9. The number of hydrogen-bond donors (Lipinski definition) is 2. The molecular formula is C24H31BrN4O2. The van der Waals surface area contributed by atoms with E-state index in [4.69, 9.17) is 0 Å². The standard InChI is InChI=1S/C24H31BrN4O2/c1-2-28-13-15-29(16-14-28)18-21-6-4-3-5-20(21)17-27-23(30)11-12-26-24(31)19-7-9-22(25)10-8-19/h3-10H,2,11-18H2,1H3,(H,26,31)(H,27,30). The highest BCUT2D eigenvalue weighted by Gasteiger charge is 2.16. The van der Waals surface area contributed by atoms with Crippen molar-refractivity contribution in [3.63, 3.8) is 0 Å². The van der Waals surface area contributed by atoms with Gasteiger partial charge in [0.1, 0.15) is 0 Å². The molecule has 2 aromatic carbocycles. The van der Waals surface area contributed by atoms with E-state index in [9.17, 15) is 9.59 Å².